The molecule has 3 aromatic heterocycles. The third-order valence-electron chi connectivity index (χ3n) is 3.97. The molecule has 6 nitrogen and oxygen atoms in total. The lowest BCUT2D eigenvalue weighted by Crippen LogP contribution is -2.46. The summed E-state index contributed by atoms with van der Waals surface area (Å²) in [7, 11) is 0. The Labute approximate surface area is 122 Å². The lowest BCUT2D eigenvalue weighted by Gasteiger charge is -2.38. The summed E-state index contributed by atoms with van der Waals surface area (Å²) in [6.45, 7) is 3.89. The van der Waals surface area contributed by atoms with Gasteiger partial charge in [0.05, 0.1) is 5.92 Å². The molecule has 1 aliphatic heterocycles. The van der Waals surface area contributed by atoms with Crippen LogP contribution in [0.1, 0.15) is 24.2 Å². The maximum absolute atomic E-state index is 4.42. The highest BCUT2D eigenvalue weighted by Gasteiger charge is 2.33. The number of hydrogen-bond acceptors (Lipinski definition) is 5. The average molecular weight is 280 g/mol. The summed E-state index contributed by atoms with van der Waals surface area (Å²) in [5, 5.41) is 8.52. The maximum atomic E-state index is 4.42. The summed E-state index contributed by atoms with van der Waals surface area (Å²) in [5.41, 5.74) is 2.06. The van der Waals surface area contributed by atoms with Crippen LogP contribution in [0.2, 0.25) is 0 Å². The van der Waals surface area contributed by atoms with Gasteiger partial charge < -0.3 is 4.90 Å². The van der Waals surface area contributed by atoms with Gasteiger partial charge in [0.15, 0.2) is 5.65 Å². The molecule has 1 aliphatic rings. The Kier molecular flexibility index (Phi) is 2.80. The fourth-order valence-electron chi connectivity index (χ4n) is 2.64. The molecule has 0 saturated carbocycles. The molecule has 4 heterocycles. The Hall–Kier alpha value is -2.50. The standard InChI is InChI=1S/C15H16N6/c1-2-11-7-16-15(17-8-11)20-9-12(10-20)14-19-18-13-5-3-4-6-21(13)14/h3-8,12H,2,9-10H2,1H3. The molecule has 0 aliphatic carbocycles. The molecule has 0 aromatic carbocycles. The molecule has 0 unspecified atom stereocenters. The van der Waals surface area contributed by atoms with Crippen LogP contribution in [-0.4, -0.2) is 37.7 Å². The largest absolute Gasteiger partial charge is 0.339 e. The molecule has 0 radical (unpaired) electrons. The Bertz CT molecular complexity index is 757. The number of aromatic nitrogens is 5. The van der Waals surface area contributed by atoms with Gasteiger partial charge in [-0.3, -0.25) is 4.40 Å². The summed E-state index contributed by atoms with van der Waals surface area (Å²) in [5.74, 6) is 2.21. The lowest BCUT2D eigenvalue weighted by atomic mass is 10.00. The zero-order valence-corrected chi connectivity index (χ0v) is 11.8. The number of rotatable bonds is 3. The van der Waals surface area contributed by atoms with Crippen LogP contribution in [0.3, 0.4) is 0 Å². The highest BCUT2D eigenvalue weighted by molar-refractivity contribution is 5.41. The first-order valence-corrected chi connectivity index (χ1v) is 7.20. The van der Waals surface area contributed by atoms with E-state index in [1.165, 1.54) is 5.56 Å². The van der Waals surface area contributed by atoms with Crippen molar-refractivity contribution in [2.24, 2.45) is 0 Å². The van der Waals surface area contributed by atoms with Crippen molar-refractivity contribution in [3.63, 3.8) is 0 Å². The molecule has 1 saturated heterocycles. The molecule has 106 valence electrons. The fourth-order valence-corrected chi connectivity index (χ4v) is 2.64. The van der Waals surface area contributed by atoms with E-state index in [9.17, 15) is 0 Å². The first-order chi connectivity index (χ1) is 10.3. The van der Waals surface area contributed by atoms with Gasteiger partial charge in [-0.2, -0.15) is 0 Å². The molecular weight excluding hydrogens is 264 g/mol. The van der Waals surface area contributed by atoms with Crippen LogP contribution in [-0.2, 0) is 6.42 Å². The van der Waals surface area contributed by atoms with E-state index in [0.717, 1.165) is 36.9 Å². The monoisotopic (exact) mass is 280 g/mol. The normalized spacial score (nSPS) is 15.4. The summed E-state index contributed by atoms with van der Waals surface area (Å²) >= 11 is 0. The highest BCUT2D eigenvalue weighted by Crippen LogP contribution is 2.28. The topological polar surface area (TPSA) is 59.2 Å². The van der Waals surface area contributed by atoms with Crippen LogP contribution in [0, 0.1) is 0 Å². The van der Waals surface area contributed by atoms with E-state index in [1.807, 2.05) is 36.8 Å². The van der Waals surface area contributed by atoms with Gasteiger partial charge >= 0.3 is 0 Å². The predicted molar refractivity (Wildman–Crippen MR) is 79.4 cm³/mol. The van der Waals surface area contributed by atoms with Crippen molar-refractivity contribution in [2.75, 3.05) is 18.0 Å². The fraction of sp³-hybridized carbons (Fsp3) is 0.333. The maximum Gasteiger partial charge on any atom is 0.225 e. The van der Waals surface area contributed by atoms with Crippen LogP contribution in [0.4, 0.5) is 5.95 Å². The van der Waals surface area contributed by atoms with Gasteiger partial charge in [0.1, 0.15) is 5.82 Å². The predicted octanol–water partition coefficient (Wildman–Crippen LogP) is 1.69. The number of hydrogen-bond donors (Lipinski definition) is 0. The molecule has 0 N–H and O–H groups in total. The lowest BCUT2D eigenvalue weighted by molar-refractivity contribution is 0.487. The third kappa shape index (κ3) is 2.03. The molecule has 0 spiro atoms. The molecular formula is C15H16N6. The molecule has 21 heavy (non-hydrogen) atoms. The smallest absolute Gasteiger partial charge is 0.225 e. The third-order valence-corrected chi connectivity index (χ3v) is 3.97. The number of anilines is 1. The summed E-state index contributed by atoms with van der Waals surface area (Å²) in [4.78, 5) is 11.0. The van der Waals surface area contributed by atoms with Gasteiger partial charge in [-0.25, -0.2) is 9.97 Å². The molecule has 0 atom stereocenters. The zero-order chi connectivity index (χ0) is 14.2. The average Bonchev–Trinajstić information content (AvgIpc) is 2.91. The highest BCUT2D eigenvalue weighted by atomic mass is 15.3. The number of pyridine rings is 1. The number of aryl methyl sites for hydroxylation is 1. The first-order valence-electron chi connectivity index (χ1n) is 7.20. The minimum Gasteiger partial charge on any atom is -0.339 e. The second-order valence-corrected chi connectivity index (χ2v) is 5.33. The van der Waals surface area contributed by atoms with Crippen molar-refractivity contribution >= 4 is 11.6 Å². The van der Waals surface area contributed by atoms with Crippen LogP contribution < -0.4 is 4.90 Å². The minimum atomic E-state index is 0.386. The second-order valence-electron chi connectivity index (χ2n) is 5.33. The Morgan fingerprint density at radius 3 is 2.71 bits per heavy atom. The van der Waals surface area contributed by atoms with Gasteiger partial charge in [-0.05, 0) is 24.1 Å². The Balaban J connectivity index is 1.51. The van der Waals surface area contributed by atoms with Gasteiger partial charge in [-0.15, -0.1) is 10.2 Å². The van der Waals surface area contributed by atoms with Gasteiger partial charge in [-0.1, -0.05) is 13.0 Å². The minimum absolute atomic E-state index is 0.386. The second kappa shape index (κ2) is 4.80. The molecule has 3 aromatic rings. The first kappa shape index (κ1) is 12.3. The van der Waals surface area contributed by atoms with Crippen LogP contribution in [0.5, 0.6) is 0 Å². The van der Waals surface area contributed by atoms with E-state index in [1.54, 1.807) is 0 Å². The summed E-state index contributed by atoms with van der Waals surface area (Å²) < 4.78 is 2.06. The van der Waals surface area contributed by atoms with Crippen molar-refractivity contribution in [3.8, 4) is 0 Å². The van der Waals surface area contributed by atoms with Crippen LogP contribution >= 0.6 is 0 Å². The van der Waals surface area contributed by atoms with Crippen molar-refractivity contribution in [3.05, 3.63) is 48.2 Å². The number of nitrogens with zero attached hydrogens (tertiary/aromatic N) is 6. The van der Waals surface area contributed by atoms with Gasteiger partial charge in [0.25, 0.3) is 0 Å². The van der Waals surface area contributed by atoms with Gasteiger partial charge in [0, 0.05) is 31.7 Å². The zero-order valence-electron chi connectivity index (χ0n) is 11.8. The Morgan fingerprint density at radius 1 is 1.14 bits per heavy atom. The molecule has 6 heteroatoms. The summed E-state index contributed by atoms with van der Waals surface area (Å²) in [6.07, 6.45) is 6.79. The van der Waals surface area contributed by atoms with E-state index < -0.39 is 0 Å². The van der Waals surface area contributed by atoms with Crippen molar-refractivity contribution in [1.82, 2.24) is 24.6 Å². The SMILES string of the molecule is CCc1cnc(N2CC(c3nnc4ccccn34)C2)nc1. The van der Waals surface area contributed by atoms with E-state index in [2.05, 4.69) is 36.4 Å². The van der Waals surface area contributed by atoms with Gasteiger partial charge in [0.2, 0.25) is 5.95 Å². The van der Waals surface area contributed by atoms with Crippen molar-refractivity contribution in [2.45, 2.75) is 19.3 Å². The van der Waals surface area contributed by atoms with E-state index in [4.69, 9.17) is 0 Å². The molecule has 0 amide bonds. The van der Waals surface area contributed by atoms with Crippen LogP contribution in [0.15, 0.2) is 36.8 Å². The number of fused-ring (bicyclic) bond motifs is 1. The van der Waals surface area contributed by atoms with Crippen molar-refractivity contribution < 1.29 is 0 Å². The molecule has 1 fully saturated rings. The van der Waals surface area contributed by atoms with E-state index >= 15 is 0 Å². The van der Waals surface area contributed by atoms with E-state index in [-0.39, 0.29) is 0 Å². The van der Waals surface area contributed by atoms with E-state index in [0.29, 0.717) is 5.92 Å². The quantitative estimate of drug-likeness (QED) is 0.730. The van der Waals surface area contributed by atoms with Crippen LogP contribution in [0.25, 0.3) is 5.65 Å². The Morgan fingerprint density at radius 2 is 1.95 bits per heavy atom. The molecule has 4 rings (SSSR count). The summed E-state index contributed by atoms with van der Waals surface area (Å²) in [6, 6.07) is 5.95. The van der Waals surface area contributed by atoms with Crippen molar-refractivity contribution in [1.29, 1.82) is 0 Å². The molecule has 0 bridgehead atoms.